The molecule has 26 heavy (non-hydrogen) atoms. The van der Waals surface area contributed by atoms with E-state index in [4.69, 9.17) is 16.0 Å². The summed E-state index contributed by atoms with van der Waals surface area (Å²) in [6.45, 7) is 1.97. The molecule has 0 amide bonds. The number of halogens is 1. The maximum atomic E-state index is 11.8. The Bertz CT molecular complexity index is 1140. The maximum Gasteiger partial charge on any atom is 0.336 e. The van der Waals surface area contributed by atoms with Crippen molar-refractivity contribution in [3.8, 4) is 11.4 Å². The van der Waals surface area contributed by atoms with Crippen molar-refractivity contribution in [2.45, 2.75) is 17.8 Å². The molecule has 0 saturated carbocycles. The van der Waals surface area contributed by atoms with Crippen LogP contribution in [-0.4, -0.2) is 15.2 Å². The lowest BCUT2D eigenvalue weighted by molar-refractivity contribution is 0.559. The molecule has 0 bridgehead atoms. The van der Waals surface area contributed by atoms with Gasteiger partial charge in [0.1, 0.15) is 5.58 Å². The SMILES string of the molecule is Cc1ccc2c(CSc3n[nH]c(-c4ccc(Cl)cc4)n3)cc(=O)oc2c1. The van der Waals surface area contributed by atoms with Crippen LogP contribution >= 0.6 is 23.4 Å². The number of fused-ring (bicyclic) bond motifs is 1. The number of aromatic amines is 1. The van der Waals surface area contributed by atoms with Crippen LogP contribution in [0, 0.1) is 6.92 Å². The van der Waals surface area contributed by atoms with Gasteiger partial charge in [-0.3, -0.25) is 5.10 Å². The van der Waals surface area contributed by atoms with Gasteiger partial charge in [0, 0.05) is 27.8 Å². The predicted molar refractivity (Wildman–Crippen MR) is 104 cm³/mol. The van der Waals surface area contributed by atoms with Crippen LogP contribution in [0.2, 0.25) is 5.02 Å². The van der Waals surface area contributed by atoms with E-state index < -0.39 is 0 Å². The van der Waals surface area contributed by atoms with E-state index in [0.717, 1.165) is 22.1 Å². The van der Waals surface area contributed by atoms with Gasteiger partial charge in [0.2, 0.25) is 5.16 Å². The van der Waals surface area contributed by atoms with E-state index >= 15 is 0 Å². The topological polar surface area (TPSA) is 71.8 Å². The second-order valence-corrected chi connectivity index (χ2v) is 7.23. The van der Waals surface area contributed by atoms with Crippen LogP contribution in [0.5, 0.6) is 0 Å². The maximum absolute atomic E-state index is 11.8. The Morgan fingerprint density at radius 1 is 1.15 bits per heavy atom. The van der Waals surface area contributed by atoms with Crippen molar-refractivity contribution >= 4 is 34.3 Å². The van der Waals surface area contributed by atoms with Crippen LogP contribution < -0.4 is 5.63 Å². The highest BCUT2D eigenvalue weighted by molar-refractivity contribution is 7.98. The third-order valence-corrected chi connectivity index (χ3v) is 5.07. The highest BCUT2D eigenvalue weighted by atomic mass is 35.5. The second-order valence-electron chi connectivity index (χ2n) is 5.85. The molecule has 5 nitrogen and oxygen atoms in total. The highest BCUT2D eigenvalue weighted by Gasteiger charge is 2.10. The molecule has 0 radical (unpaired) electrons. The van der Waals surface area contributed by atoms with Crippen LogP contribution in [0.25, 0.3) is 22.4 Å². The molecule has 2 aromatic carbocycles. The first-order valence-corrected chi connectivity index (χ1v) is 9.29. The van der Waals surface area contributed by atoms with E-state index in [2.05, 4.69) is 15.2 Å². The van der Waals surface area contributed by atoms with Crippen molar-refractivity contribution in [2.75, 3.05) is 0 Å². The molecule has 0 fully saturated rings. The van der Waals surface area contributed by atoms with Gasteiger partial charge in [-0.2, -0.15) is 0 Å². The standard InChI is InChI=1S/C19H14ClN3O2S/c1-11-2-7-15-13(9-17(24)25-16(15)8-11)10-26-19-21-18(22-23-19)12-3-5-14(20)6-4-12/h2-9H,10H2,1H3,(H,21,22,23). The van der Waals surface area contributed by atoms with Crippen molar-refractivity contribution < 1.29 is 4.42 Å². The van der Waals surface area contributed by atoms with Crippen molar-refractivity contribution in [3.05, 3.63) is 75.1 Å². The van der Waals surface area contributed by atoms with Gasteiger partial charge in [-0.25, -0.2) is 9.78 Å². The number of nitrogens with zero attached hydrogens (tertiary/aromatic N) is 2. The predicted octanol–water partition coefficient (Wildman–Crippen LogP) is 4.83. The third kappa shape index (κ3) is 3.52. The minimum atomic E-state index is -0.351. The van der Waals surface area contributed by atoms with Crippen LogP contribution in [-0.2, 0) is 5.75 Å². The fourth-order valence-electron chi connectivity index (χ4n) is 2.65. The fourth-order valence-corrected chi connectivity index (χ4v) is 3.56. The fraction of sp³-hybridized carbons (Fsp3) is 0.105. The van der Waals surface area contributed by atoms with E-state index in [1.807, 2.05) is 49.4 Å². The first kappa shape index (κ1) is 16.9. The van der Waals surface area contributed by atoms with Crippen molar-refractivity contribution in [1.82, 2.24) is 15.2 Å². The van der Waals surface area contributed by atoms with Gasteiger partial charge in [-0.15, -0.1) is 5.10 Å². The van der Waals surface area contributed by atoms with Gasteiger partial charge in [-0.05, 0) is 48.4 Å². The lowest BCUT2D eigenvalue weighted by atomic mass is 10.1. The van der Waals surface area contributed by atoms with E-state index in [1.54, 1.807) is 0 Å². The van der Waals surface area contributed by atoms with Crippen molar-refractivity contribution in [2.24, 2.45) is 0 Å². The lowest BCUT2D eigenvalue weighted by Gasteiger charge is -2.04. The van der Waals surface area contributed by atoms with Crippen molar-refractivity contribution in [3.63, 3.8) is 0 Å². The van der Waals surface area contributed by atoms with Crippen molar-refractivity contribution in [1.29, 1.82) is 0 Å². The lowest BCUT2D eigenvalue weighted by Crippen LogP contribution is -2.00. The molecule has 130 valence electrons. The van der Waals surface area contributed by atoms with Crippen LogP contribution in [0.4, 0.5) is 0 Å². The van der Waals surface area contributed by atoms with Gasteiger partial charge < -0.3 is 4.42 Å². The quantitative estimate of drug-likeness (QED) is 0.403. The Hall–Kier alpha value is -2.57. The summed E-state index contributed by atoms with van der Waals surface area (Å²) in [5, 5.41) is 9.38. The smallest absolute Gasteiger partial charge is 0.336 e. The molecule has 0 aliphatic rings. The van der Waals surface area contributed by atoms with E-state index in [1.165, 1.54) is 17.8 Å². The Labute approximate surface area is 158 Å². The van der Waals surface area contributed by atoms with Gasteiger partial charge in [0.05, 0.1) is 0 Å². The Morgan fingerprint density at radius 3 is 2.77 bits per heavy atom. The van der Waals surface area contributed by atoms with E-state index in [9.17, 15) is 4.79 Å². The summed E-state index contributed by atoms with van der Waals surface area (Å²) in [5.41, 5.74) is 3.11. The summed E-state index contributed by atoms with van der Waals surface area (Å²) in [5.74, 6) is 1.25. The number of nitrogens with one attached hydrogen (secondary N) is 1. The number of thioether (sulfide) groups is 1. The van der Waals surface area contributed by atoms with Crippen LogP contribution in [0.1, 0.15) is 11.1 Å². The summed E-state index contributed by atoms with van der Waals surface area (Å²) < 4.78 is 5.29. The van der Waals surface area contributed by atoms with Gasteiger partial charge >= 0.3 is 5.63 Å². The average molecular weight is 384 g/mol. The molecule has 0 saturated heterocycles. The number of H-pyrrole nitrogens is 1. The normalized spacial score (nSPS) is 11.2. The van der Waals surface area contributed by atoms with E-state index in [-0.39, 0.29) is 5.63 Å². The molecular weight excluding hydrogens is 370 g/mol. The Balaban J connectivity index is 1.57. The zero-order valence-corrected chi connectivity index (χ0v) is 15.4. The molecule has 4 rings (SSSR count). The minimum absolute atomic E-state index is 0.351. The molecule has 0 spiro atoms. The molecule has 0 aliphatic carbocycles. The number of hydrogen-bond donors (Lipinski definition) is 1. The molecule has 2 aromatic heterocycles. The molecule has 0 atom stereocenters. The largest absolute Gasteiger partial charge is 0.423 e. The summed E-state index contributed by atoms with van der Waals surface area (Å²) in [6, 6.07) is 14.8. The number of benzene rings is 2. The second kappa shape index (κ2) is 6.97. The molecular formula is C19H14ClN3O2S. The molecule has 2 heterocycles. The molecule has 0 aliphatic heterocycles. The molecule has 0 unspecified atom stereocenters. The van der Waals surface area contributed by atoms with E-state index in [0.29, 0.717) is 27.3 Å². The Morgan fingerprint density at radius 2 is 1.96 bits per heavy atom. The summed E-state index contributed by atoms with van der Waals surface area (Å²) >= 11 is 7.37. The van der Waals surface area contributed by atoms with Gasteiger partial charge in [0.25, 0.3) is 0 Å². The van der Waals surface area contributed by atoms with Crippen LogP contribution in [0.15, 0.2) is 62.9 Å². The zero-order chi connectivity index (χ0) is 18.1. The zero-order valence-electron chi connectivity index (χ0n) is 13.8. The van der Waals surface area contributed by atoms with Crippen LogP contribution in [0.3, 0.4) is 0 Å². The number of hydrogen-bond acceptors (Lipinski definition) is 5. The van der Waals surface area contributed by atoms with Gasteiger partial charge in [-0.1, -0.05) is 35.5 Å². The summed E-state index contributed by atoms with van der Waals surface area (Å²) in [6.07, 6.45) is 0. The highest BCUT2D eigenvalue weighted by Crippen LogP contribution is 2.26. The molecule has 7 heteroatoms. The number of rotatable bonds is 4. The summed E-state index contributed by atoms with van der Waals surface area (Å²) in [4.78, 5) is 16.3. The van der Waals surface area contributed by atoms with Gasteiger partial charge in [0.15, 0.2) is 5.82 Å². The number of aryl methyl sites for hydroxylation is 1. The number of aromatic nitrogens is 3. The monoisotopic (exact) mass is 383 g/mol. The molecule has 1 N–H and O–H groups in total. The summed E-state index contributed by atoms with van der Waals surface area (Å²) in [7, 11) is 0. The molecule has 4 aromatic rings. The first-order valence-electron chi connectivity index (χ1n) is 7.93. The third-order valence-electron chi connectivity index (χ3n) is 3.93. The minimum Gasteiger partial charge on any atom is -0.423 e. The average Bonchev–Trinajstić information content (AvgIpc) is 3.08. The Kier molecular flexibility index (Phi) is 4.53. The first-order chi connectivity index (χ1) is 12.6.